The molecule has 3 nitrogen and oxygen atoms in total. The third-order valence-electron chi connectivity index (χ3n) is 4.89. The summed E-state index contributed by atoms with van der Waals surface area (Å²) in [5.74, 6) is 1.84. The van der Waals surface area contributed by atoms with Gasteiger partial charge in [0.1, 0.15) is 11.5 Å². The summed E-state index contributed by atoms with van der Waals surface area (Å²) in [4.78, 5) is 4.85. The van der Waals surface area contributed by atoms with Gasteiger partial charge in [0, 0.05) is 12.0 Å². The number of aryl methyl sites for hydroxylation is 1. The average molecular weight is 378 g/mol. The molecule has 2 aromatic carbocycles. The molecule has 3 rings (SSSR count). The highest BCUT2D eigenvalue weighted by atomic mass is 16.5. The number of nitrogens with zero attached hydrogens (tertiary/aromatic N) is 1. The third kappa shape index (κ3) is 4.64. The molecule has 3 heteroatoms. The zero-order valence-corrected chi connectivity index (χ0v) is 17.6. The summed E-state index contributed by atoms with van der Waals surface area (Å²) in [6, 6.07) is 12.3. The number of benzene rings is 2. The van der Waals surface area contributed by atoms with Crippen LogP contribution in [0.1, 0.15) is 63.3 Å². The molecule has 0 aromatic heterocycles. The van der Waals surface area contributed by atoms with Crippen molar-refractivity contribution in [1.29, 1.82) is 0 Å². The van der Waals surface area contributed by atoms with Crippen LogP contribution in [0.5, 0.6) is 11.5 Å². The van der Waals surface area contributed by atoms with Crippen LogP contribution in [0.25, 0.3) is 5.70 Å². The van der Waals surface area contributed by atoms with E-state index in [1.807, 2.05) is 26.0 Å². The van der Waals surface area contributed by atoms with Gasteiger partial charge in [-0.1, -0.05) is 39.0 Å². The van der Waals surface area contributed by atoms with E-state index in [1.54, 1.807) is 0 Å². The Morgan fingerprint density at radius 3 is 2.39 bits per heavy atom. The van der Waals surface area contributed by atoms with E-state index < -0.39 is 0 Å². The minimum absolute atomic E-state index is 0.165. The molecule has 1 N–H and O–H groups in total. The lowest BCUT2D eigenvalue weighted by atomic mass is 9.99. The zero-order chi connectivity index (χ0) is 20.3. The van der Waals surface area contributed by atoms with E-state index in [4.69, 9.17) is 9.73 Å². The number of allylic oxidation sites excluding steroid dienone is 1. The van der Waals surface area contributed by atoms with Crippen molar-refractivity contribution in [3.8, 4) is 11.5 Å². The summed E-state index contributed by atoms with van der Waals surface area (Å²) >= 11 is 0. The van der Waals surface area contributed by atoms with Crippen molar-refractivity contribution in [2.45, 2.75) is 60.0 Å². The normalized spacial score (nSPS) is 13.8. The van der Waals surface area contributed by atoms with Gasteiger partial charge >= 0.3 is 0 Å². The largest absolute Gasteiger partial charge is 0.508 e. The summed E-state index contributed by atoms with van der Waals surface area (Å²) in [5, 5.41) is 10.4. The molecule has 28 heavy (non-hydrogen) atoms. The second-order valence-electron chi connectivity index (χ2n) is 8.14. The number of phenols is 1. The Morgan fingerprint density at radius 2 is 1.75 bits per heavy atom. The molecule has 2 aromatic rings. The molecule has 0 aliphatic carbocycles. The topological polar surface area (TPSA) is 41.8 Å². The minimum atomic E-state index is 0.165. The number of phenolic OH excluding ortho intramolecular Hbond substituents is 1. The third-order valence-corrected chi connectivity index (χ3v) is 4.89. The van der Waals surface area contributed by atoms with Crippen molar-refractivity contribution >= 4 is 11.4 Å². The summed E-state index contributed by atoms with van der Waals surface area (Å²) in [6.45, 7) is 10.6. The molecule has 0 amide bonds. The van der Waals surface area contributed by atoms with Crippen molar-refractivity contribution in [2.24, 2.45) is 10.9 Å². The molecule has 0 spiro atoms. The molecular formula is C25H31NO2. The highest BCUT2D eigenvalue weighted by Crippen LogP contribution is 2.31. The summed E-state index contributed by atoms with van der Waals surface area (Å²) in [5.41, 5.74) is 6.30. The summed E-state index contributed by atoms with van der Waals surface area (Å²) < 4.78 is 5.91. The standard InChI is InChI=1S/C25H31NO2/c1-6-18-14-19(9-12-25(18)28-17(4)5)22-10-11-23(26-22)20-7-8-21(13-16(2)3)24(27)15-20/h7-10,12,14-17,27H,6,11,13H2,1-5H3. The molecule has 0 saturated heterocycles. The van der Waals surface area contributed by atoms with Crippen LogP contribution in [-0.2, 0) is 12.8 Å². The van der Waals surface area contributed by atoms with Gasteiger partial charge in [0.25, 0.3) is 0 Å². The minimum Gasteiger partial charge on any atom is -0.508 e. The Hall–Kier alpha value is -2.55. The number of hydrogen-bond acceptors (Lipinski definition) is 3. The second kappa shape index (κ2) is 8.64. The lowest BCUT2D eigenvalue weighted by molar-refractivity contribution is 0.240. The zero-order valence-electron chi connectivity index (χ0n) is 17.6. The maximum absolute atomic E-state index is 10.4. The van der Waals surface area contributed by atoms with E-state index in [0.29, 0.717) is 11.7 Å². The van der Waals surface area contributed by atoms with Gasteiger partial charge in [-0.2, -0.15) is 0 Å². The first kappa shape index (κ1) is 20.2. The van der Waals surface area contributed by atoms with Gasteiger partial charge in [-0.3, -0.25) is 4.99 Å². The summed E-state index contributed by atoms with van der Waals surface area (Å²) in [6.07, 6.45) is 4.91. The smallest absolute Gasteiger partial charge is 0.122 e. The first-order valence-electron chi connectivity index (χ1n) is 10.3. The summed E-state index contributed by atoms with van der Waals surface area (Å²) in [7, 11) is 0. The van der Waals surface area contributed by atoms with Crippen molar-refractivity contribution < 1.29 is 9.84 Å². The fourth-order valence-electron chi connectivity index (χ4n) is 3.53. The molecule has 0 radical (unpaired) electrons. The quantitative estimate of drug-likeness (QED) is 0.626. The van der Waals surface area contributed by atoms with E-state index in [0.717, 1.165) is 53.1 Å². The molecule has 0 bridgehead atoms. The van der Waals surface area contributed by atoms with Crippen LogP contribution in [0.15, 0.2) is 47.5 Å². The van der Waals surface area contributed by atoms with Gasteiger partial charge in [0.2, 0.25) is 0 Å². The average Bonchev–Trinajstić information content (AvgIpc) is 3.13. The van der Waals surface area contributed by atoms with Gasteiger partial charge < -0.3 is 9.84 Å². The van der Waals surface area contributed by atoms with E-state index in [-0.39, 0.29) is 6.10 Å². The molecule has 0 saturated carbocycles. The van der Waals surface area contributed by atoms with Crippen molar-refractivity contribution in [3.63, 3.8) is 0 Å². The molecule has 1 aliphatic rings. The number of aromatic hydroxyl groups is 1. The Bertz CT molecular complexity index is 907. The highest BCUT2D eigenvalue weighted by Gasteiger charge is 2.16. The first-order chi connectivity index (χ1) is 13.4. The number of rotatable bonds is 7. The van der Waals surface area contributed by atoms with E-state index in [9.17, 15) is 5.11 Å². The highest BCUT2D eigenvalue weighted by molar-refractivity contribution is 6.07. The van der Waals surface area contributed by atoms with Gasteiger partial charge in [-0.05, 0) is 73.6 Å². The number of hydrogen-bond donors (Lipinski definition) is 1. The predicted molar refractivity (Wildman–Crippen MR) is 117 cm³/mol. The fraction of sp³-hybridized carbons (Fsp3) is 0.400. The van der Waals surface area contributed by atoms with Crippen molar-refractivity contribution in [2.75, 3.05) is 0 Å². The van der Waals surface area contributed by atoms with Crippen molar-refractivity contribution in [1.82, 2.24) is 0 Å². The van der Waals surface area contributed by atoms with Crippen LogP contribution in [0.3, 0.4) is 0 Å². The molecule has 1 aliphatic heterocycles. The molecule has 0 unspecified atom stereocenters. The van der Waals surface area contributed by atoms with Crippen LogP contribution >= 0.6 is 0 Å². The van der Waals surface area contributed by atoms with Gasteiger partial charge in [-0.25, -0.2) is 0 Å². The van der Waals surface area contributed by atoms with Crippen LogP contribution in [0.2, 0.25) is 0 Å². The molecule has 148 valence electrons. The number of ether oxygens (including phenoxy) is 1. The van der Waals surface area contributed by atoms with E-state index >= 15 is 0 Å². The van der Waals surface area contributed by atoms with Crippen LogP contribution < -0.4 is 4.74 Å². The Morgan fingerprint density at radius 1 is 1.00 bits per heavy atom. The van der Waals surface area contributed by atoms with Crippen LogP contribution in [0, 0.1) is 5.92 Å². The van der Waals surface area contributed by atoms with Gasteiger partial charge in [0.05, 0.1) is 17.5 Å². The van der Waals surface area contributed by atoms with Crippen LogP contribution in [-0.4, -0.2) is 16.9 Å². The Balaban J connectivity index is 1.82. The van der Waals surface area contributed by atoms with Crippen molar-refractivity contribution in [3.05, 3.63) is 64.7 Å². The SMILES string of the molecule is CCc1cc(C2=CCC(c3ccc(CC(C)C)c(O)c3)=N2)ccc1OC(C)C. The predicted octanol–water partition coefficient (Wildman–Crippen LogP) is 6.17. The molecule has 0 fully saturated rings. The monoisotopic (exact) mass is 377 g/mol. The number of aliphatic imine (C=N–C) groups is 1. The Labute approximate surface area is 168 Å². The van der Waals surface area contributed by atoms with Gasteiger partial charge in [0.15, 0.2) is 0 Å². The van der Waals surface area contributed by atoms with Gasteiger partial charge in [-0.15, -0.1) is 0 Å². The van der Waals surface area contributed by atoms with Crippen LogP contribution in [0.4, 0.5) is 0 Å². The maximum atomic E-state index is 10.4. The lowest BCUT2D eigenvalue weighted by Gasteiger charge is -2.14. The lowest BCUT2D eigenvalue weighted by Crippen LogP contribution is -2.07. The molecule has 0 atom stereocenters. The first-order valence-corrected chi connectivity index (χ1v) is 10.3. The van der Waals surface area contributed by atoms with E-state index in [1.165, 1.54) is 5.56 Å². The molecular weight excluding hydrogens is 346 g/mol. The molecule has 1 heterocycles. The Kier molecular flexibility index (Phi) is 6.23. The maximum Gasteiger partial charge on any atom is 0.122 e. The van der Waals surface area contributed by atoms with E-state index in [2.05, 4.69) is 51.1 Å². The fourth-order valence-corrected chi connectivity index (χ4v) is 3.53. The second-order valence-corrected chi connectivity index (χ2v) is 8.14.